The van der Waals surface area contributed by atoms with E-state index in [-0.39, 0.29) is 35.9 Å². The number of esters is 1. The summed E-state index contributed by atoms with van der Waals surface area (Å²) in [5, 5.41) is 32.0. The largest absolute Gasteiger partial charge is 0.508 e. The van der Waals surface area contributed by atoms with Crippen LogP contribution in [0.15, 0.2) is 48.6 Å². The zero-order valence-corrected chi connectivity index (χ0v) is 19.1. The predicted molar refractivity (Wildman–Crippen MR) is 125 cm³/mol. The van der Waals surface area contributed by atoms with Crippen molar-refractivity contribution in [1.82, 2.24) is 5.32 Å². The summed E-state index contributed by atoms with van der Waals surface area (Å²) in [7, 11) is 1.28. The van der Waals surface area contributed by atoms with Gasteiger partial charge in [-0.25, -0.2) is 9.59 Å². The SMILES string of the molecule is C/C=C/C(=O)O.COC(=O)c1ccc(C)c(NC(=O)CCCNC(=O)c2cc(O)cc(O)c2)c1. The minimum Gasteiger partial charge on any atom is -0.508 e. The van der Waals surface area contributed by atoms with Crippen molar-refractivity contribution in [3.8, 4) is 11.5 Å². The first kappa shape index (κ1) is 27.7. The van der Waals surface area contributed by atoms with Crippen molar-refractivity contribution in [1.29, 1.82) is 0 Å². The Morgan fingerprint density at radius 3 is 2.18 bits per heavy atom. The Bertz CT molecular complexity index is 1040. The van der Waals surface area contributed by atoms with Crippen LogP contribution in [0.25, 0.3) is 0 Å². The van der Waals surface area contributed by atoms with Crippen LogP contribution in [0, 0.1) is 6.92 Å². The van der Waals surface area contributed by atoms with Gasteiger partial charge >= 0.3 is 11.9 Å². The summed E-state index contributed by atoms with van der Waals surface area (Å²) in [6.07, 6.45) is 3.11. The highest BCUT2D eigenvalue weighted by Gasteiger charge is 2.11. The number of aryl methyl sites for hydroxylation is 1. The molecule has 182 valence electrons. The van der Waals surface area contributed by atoms with E-state index in [9.17, 15) is 29.4 Å². The molecule has 0 saturated carbocycles. The molecule has 0 radical (unpaired) electrons. The first-order valence-corrected chi connectivity index (χ1v) is 10.2. The lowest BCUT2D eigenvalue weighted by Crippen LogP contribution is -2.25. The van der Waals surface area contributed by atoms with Gasteiger partial charge in [0.15, 0.2) is 0 Å². The van der Waals surface area contributed by atoms with Gasteiger partial charge in [-0.1, -0.05) is 12.1 Å². The number of phenolic OH excluding ortho intramolecular Hbond substituents is 2. The molecule has 0 aliphatic carbocycles. The maximum atomic E-state index is 12.1. The lowest BCUT2D eigenvalue weighted by molar-refractivity contribution is -0.131. The zero-order valence-electron chi connectivity index (χ0n) is 19.1. The first-order valence-electron chi connectivity index (χ1n) is 10.2. The lowest BCUT2D eigenvalue weighted by atomic mass is 10.1. The van der Waals surface area contributed by atoms with E-state index in [0.717, 1.165) is 17.7 Å². The van der Waals surface area contributed by atoms with E-state index >= 15 is 0 Å². The summed E-state index contributed by atoms with van der Waals surface area (Å²) in [6.45, 7) is 3.71. The molecule has 0 aromatic heterocycles. The van der Waals surface area contributed by atoms with Crippen molar-refractivity contribution in [3.63, 3.8) is 0 Å². The third kappa shape index (κ3) is 9.86. The average molecular weight is 472 g/mol. The van der Waals surface area contributed by atoms with Crippen molar-refractivity contribution in [3.05, 3.63) is 65.2 Å². The number of anilines is 1. The number of methoxy groups -OCH3 is 1. The summed E-state index contributed by atoms with van der Waals surface area (Å²) >= 11 is 0. The molecule has 0 saturated heterocycles. The molecule has 0 aliphatic heterocycles. The molecule has 2 amide bonds. The molecule has 2 rings (SSSR count). The molecule has 0 atom stereocenters. The van der Waals surface area contributed by atoms with Crippen LogP contribution in [0.5, 0.6) is 11.5 Å². The summed E-state index contributed by atoms with van der Waals surface area (Å²) in [5.74, 6) is -2.53. The second-order valence-electron chi connectivity index (χ2n) is 7.01. The molecule has 0 fully saturated rings. The quantitative estimate of drug-likeness (QED) is 0.222. The van der Waals surface area contributed by atoms with Crippen molar-refractivity contribution in [2.45, 2.75) is 26.7 Å². The number of phenols is 2. The van der Waals surface area contributed by atoms with Gasteiger partial charge in [0.05, 0.1) is 12.7 Å². The van der Waals surface area contributed by atoms with Crippen molar-refractivity contribution in [2.24, 2.45) is 0 Å². The number of carbonyl (C=O) groups excluding carboxylic acids is 3. The number of rotatable bonds is 8. The van der Waals surface area contributed by atoms with Gasteiger partial charge in [-0.05, 0) is 50.1 Å². The van der Waals surface area contributed by atoms with Gasteiger partial charge in [0.2, 0.25) is 5.91 Å². The number of amides is 2. The third-order valence-electron chi connectivity index (χ3n) is 4.27. The predicted octanol–water partition coefficient (Wildman–Crippen LogP) is 2.99. The van der Waals surface area contributed by atoms with Crippen molar-refractivity contribution < 1.29 is 39.2 Å². The van der Waals surface area contributed by atoms with Crippen LogP contribution in [-0.4, -0.2) is 52.7 Å². The van der Waals surface area contributed by atoms with Gasteiger partial charge in [0, 0.05) is 36.4 Å². The number of carboxylic acids is 1. The number of nitrogens with one attached hydrogen (secondary N) is 2. The molecule has 0 aliphatic rings. The molecule has 0 unspecified atom stereocenters. The average Bonchev–Trinajstić information content (AvgIpc) is 2.77. The van der Waals surface area contributed by atoms with Gasteiger partial charge in [0.1, 0.15) is 11.5 Å². The number of allylic oxidation sites excluding steroid dienone is 1. The fraction of sp³-hybridized carbons (Fsp3) is 0.250. The molecule has 2 aromatic carbocycles. The second kappa shape index (κ2) is 13.9. The molecular formula is C24H28N2O8. The molecule has 10 nitrogen and oxygen atoms in total. The van der Waals surface area contributed by atoms with E-state index in [1.807, 2.05) is 6.92 Å². The Morgan fingerprint density at radius 1 is 1.00 bits per heavy atom. The number of aromatic hydroxyl groups is 2. The highest BCUT2D eigenvalue weighted by atomic mass is 16.5. The van der Waals surface area contributed by atoms with Gasteiger partial charge in [0.25, 0.3) is 5.91 Å². The van der Waals surface area contributed by atoms with Gasteiger partial charge < -0.3 is 30.7 Å². The van der Waals surface area contributed by atoms with Crippen molar-refractivity contribution >= 4 is 29.4 Å². The van der Waals surface area contributed by atoms with Crippen LogP contribution in [-0.2, 0) is 14.3 Å². The Labute approximate surface area is 196 Å². The highest BCUT2D eigenvalue weighted by molar-refractivity contribution is 5.96. The van der Waals surface area contributed by atoms with Gasteiger partial charge in [-0.2, -0.15) is 0 Å². The molecule has 0 heterocycles. The van der Waals surface area contributed by atoms with E-state index in [0.29, 0.717) is 17.7 Å². The monoisotopic (exact) mass is 472 g/mol. The number of aliphatic carboxylic acids is 1. The standard InChI is InChI=1S/C20H22N2O6.C4H6O2/c1-12-5-6-13(20(27)28-2)10-17(12)22-18(25)4-3-7-21-19(26)14-8-15(23)11-16(24)9-14;1-2-3-4(5)6/h5-6,8-11,23-24H,3-4,7H2,1-2H3,(H,21,26)(H,22,25);2-3H,1H3,(H,5,6)/b;3-2+. The highest BCUT2D eigenvalue weighted by Crippen LogP contribution is 2.20. The van der Waals surface area contributed by atoms with Crippen LogP contribution in [0.1, 0.15) is 46.0 Å². The molecular weight excluding hydrogens is 444 g/mol. The van der Waals surface area contributed by atoms with Gasteiger partial charge in [-0.3, -0.25) is 9.59 Å². The van der Waals surface area contributed by atoms with Crippen molar-refractivity contribution in [2.75, 3.05) is 19.0 Å². The number of benzene rings is 2. The second-order valence-corrected chi connectivity index (χ2v) is 7.01. The van der Waals surface area contributed by atoms with Crippen LogP contribution < -0.4 is 10.6 Å². The topological polar surface area (TPSA) is 162 Å². The molecule has 10 heteroatoms. The van der Waals surface area contributed by atoms with Gasteiger partial charge in [-0.15, -0.1) is 0 Å². The fourth-order valence-corrected chi connectivity index (χ4v) is 2.64. The maximum Gasteiger partial charge on any atom is 0.337 e. The summed E-state index contributed by atoms with van der Waals surface area (Å²) in [4.78, 5) is 45.2. The normalized spacial score (nSPS) is 10.1. The molecule has 5 N–H and O–H groups in total. The Balaban J connectivity index is 0.000000852. The van der Waals surface area contributed by atoms with Crippen LogP contribution in [0.2, 0.25) is 0 Å². The number of carbonyl (C=O) groups is 4. The lowest BCUT2D eigenvalue weighted by Gasteiger charge is -2.10. The fourth-order valence-electron chi connectivity index (χ4n) is 2.64. The number of ether oxygens (including phenoxy) is 1. The minimum atomic E-state index is -0.891. The summed E-state index contributed by atoms with van der Waals surface area (Å²) < 4.78 is 4.67. The Morgan fingerprint density at radius 2 is 1.65 bits per heavy atom. The minimum absolute atomic E-state index is 0.122. The first-order chi connectivity index (χ1) is 16.1. The molecule has 34 heavy (non-hydrogen) atoms. The van der Waals surface area contributed by atoms with E-state index in [2.05, 4.69) is 15.4 Å². The number of hydrogen-bond acceptors (Lipinski definition) is 7. The Kier molecular flexibility index (Phi) is 11.4. The maximum absolute atomic E-state index is 12.1. The van der Waals surface area contributed by atoms with E-state index in [1.165, 1.54) is 25.3 Å². The molecule has 0 spiro atoms. The Hall–Kier alpha value is -4.34. The van der Waals surface area contributed by atoms with E-state index in [4.69, 9.17) is 5.11 Å². The smallest absolute Gasteiger partial charge is 0.337 e. The van der Waals surface area contributed by atoms with E-state index in [1.54, 1.807) is 25.1 Å². The third-order valence-corrected chi connectivity index (χ3v) is 4.27. The zero-order chi connectivity index (χ0) is 25.7. The van der Waals surface area contributed by atoms with Crippen LogP contribution in [0.4, 0.5) is 5.69 Å². The number of hydrogen-bond donors (Lipinski definition) is 5. The van der Waals surface area contributed by atoms with E-state index < -0.39 is 17.8 Å². The van der Waals surface area contributed by atoms with Crippen LogP contribution >= 0.6 is 0 Å². The molecule has 0 bridgehead atoms. The number of carboxylic acid groups (broad SMARTS) is 1. The summed E-state index contributed by atoms with van der Waals surface area (Å²) in [5.41, 5.74) is 1.78. The molecule has 2 aromatic rings. The summed E-state index contributed by atoms with van der Waals surface area (Å²) in [6, 6.07) is 8.48. The van der Waals surface area contributed by atoms with Crippen LogP contribution in [0.3, 0.4) is 0 Å².